The lowest BCUT2D eigenvalue weighted by molar-refractivity contribution is 0.0698. The molecule has 130 valence electrons. The Morgan fingerprint density at radius 3 is 2.83 bits per heavy atom. The predicted octanol–water partition coefficient (Wildman–Crippen LogP) is 2.70. The van der Waals surface area contributed by atoms with Crippen LogP contribution in [0.4, 0.5) is 4.39 Å². The molecule has 2 N–H and O–H groups in total. The molecule has 5 nitrogen and oxygen atoms in total. The van der Waals surface area contributed by atoms with E-state index in [4.69, 9.17) is 9.47 Å². The first-order valence-electron chi connectivity index (χ1n) is 7.70. The second kappa shape index (κ2) is 12.3. The van der Waals surface area contributed by atoms with E-state index in [1.165, 1.54) is 6.07 Å². The van der Waals surface area contributed by atoms with Gasteiger partial charge in [0.05, 0.1) is 19.8 Å². The minimum atomic E-state index is -0.251. The van der Waals surface area contributed by atoms with Gasteiger partial charge in [0.25, 0.3) is 0 Å². The summed E-state index contributed by atoms with van der Waals surface area (Å²) in [4.78, 5) is 4.41. The molecule has 0 radical (unpaired) electrons. The van der Waals surface area contributed by atoms with E-state index in [0.29, 0.717) is 31.3 Å². The van der Waals surface area contributed by atoms with E-state index in [9.17, 15) is 4.39 Å². The standard InChI is InChI=1S/C16H25BrFN3O2/c1-3-19-16(20-7-4-8-23-10-9-22-2)21-12-13-11-14(17)5-6-15(13)18/h5-6,11H,3-4,7-10,12H2,1-2H3,(H2,19,20,21). The Morgan fingerprint density at radius 2 is 2.09 bits per heavy atom. The van der Waals surface area contributed by atoms with Gasteiger partial charge in [0.15, 0.2) is 5.96 Å². The molecular weight excluding hydrogens is 365 g/mol. The van der Waals surface area contributed by atoms with Crippen LogP contribution in [0, 0.1) is 5.82 Å². The largest absolute Gasteiger partial charge is 0.382 e. The van der Waals surface area contributed by atoms with Crippen molar-refractivity contribution in [1.29, 1.82) is 0 Å². The first kappa shape index (κ1) is 19.9. The minimum absolute atomic E-state index is 0.251. The van der Waals surface area contributed by atoms with E-state index in [-0.39, 0.29) is 12.4 Å². The van der Waals surface area contributed by atoms with Crippen molar-refractivity contribution in [2.45, 2.75) is 19.9 Å². The van der Waals surface area contributed by atoms with Crippen LogP contribution in [0.1, 0.15) is 18.9 Å². The molecule has 1 rings (SSSR count). The van der Waals surface area contributed by atoms with Crippen LogP contribution in [-0.4, -0.2) is 46.0 Å². The summed E-state index contributed by atoms with van der Waals surface area (Å²) >= 11 is 3.34. The zero-order valence-corrected chi connectivity index (χ0v) is 15.3. The molecule has 0 amide bonds. The third kappa shape index (κ3) is 8.88. The number of methoxy groups -OCH3 is 1. The second-order valence-corrected chi connectivity index (χ2v) is 5.73. The van der Waals surface area contributed by atoms with E-state index in [1.807, 2.05) is 6.92 Å². The number of ether oxygens (including phenoxy) is 2. The van der Waals surface area contributed by atoms with Crippen molar-refractivity contribution in [3.8, 4) is 0 Å². The van der Waals surface area contributed by atoms with Crippen molar-refractivity contribution in [3.05, 3.63) is 34.1 Å². The summed E-state index contributed by atoms with van der Waals surface area (Å²) in [5.74, 6) is 0.420. The molecule has 0 fully saturated rings. The van der Waals surface area contributed by atoms with Gasteiger partial charge < -0.3 is 20.1 Å². The highest BCUT2D eigenvalue weighted by atomic mass is 79.9. The van der Waals surface area contributed by atoms with Gasteiger partial charge in [-0.2, -0.15) is 0 Å². The smallest absolute Gasteiger partial charge is 0.191 e. The van der Waals surface area contributed by atoms with Gasteiger partial charge in [0, 0.05) is 36.8 Å². The maximum Gasteiger partial charge on any atom is 0.191 e. The van der Waals surface area contributed by atoms with E-state index >= 15 is 0 Å². The molecule has 0 aromatic heterocycles. The first-order chi connectivity index (χ1) is 11.2. The molecule has 0 atom stereocenters. The summed E-state index contributed by atoms with van der Waals surface area (Å²) in [6.45, 7) is 5.63. The Hall–Kier alpha value is -1.18. The lowest BCUT2D eigenvalue weighted by Gasteiger charge is -2.11. The highest BCUT2D eigenvalue weighted by Crippen LogP contribution is 2.16. The Morgan fingerprint density at radius 1 is 1.26 bits per heavy atom. The third-order valence-electron chi connectivity index (χ3n) is 2.95. The fraction of sp³-hybridized carbons (Fsp3) is 0.562. The Labute approximate surface area is 145 Å². The van der Waals surface area contributed by atoms with Crippen molar-refractivity contribution in [2.24, 2.45) is 4.99 Å². The average Bonchev–Trinajstić information content (AvgIpc) is 2.54. The van der Waals surface area contributed by atoms with E-state index in [2.05, 4.69) is 31.6 Å². The number of benzene rings is 1. The minimum Gasteiger partial charge on any atom is -0.382 e. The number of halogens is 2. The van der Waals surface area contributed by atoms with Crippen LogP contribution in [0.2, 0.25) is 0 Å². The zero-order valence-electron chi connectivity index (χ0n) is 13.7. The Balaban J connectivity index is 2.39. The molecule has 0 spiro atoms. The molecule has 0 heterocycles. The SMILES string of the molecule is CCNC(=NCc1cc(Br)ccc1F)NCCCOCCOC. The van der Waals surface area contributed by atoms with Gasteiger partial charge in [0.2, 0.25) is 0 Å². The third-order valence-corrected chi connectivity index (χ3v) is 3.44. The quantitative estimate of drug-likeness (QED) is 0.367. The molecule has 0 unspecified atom stereocenters. The van der Waals surface area contributed by atoms with Gasteiger partial charge in [-0.25, -0.2) is 9.38 Å². The molecule has 0 aliphatic heterocycles. The van der Waals surface area contributed by atoms with E-state index < -0.39 is 0 Å². The Kier molecular flexibility index (Phi) is 10.6. The molecule has 0 aliphatic carbocycles. The van der Waals surface area contributed by atoms with Crippen LogP contribution >= 0.6 is 15.9 Å². The topological polar surface area (TPSA) is 54.9 Å². The highest BCUT2D eigenvalue weighted by molar-refractivity contribution is 9.10. The molecule has 0 saturated heterocycles. The van der Waals surface area contributed by atoms with Crippen molar-refractivity contribution >= 4 is 21.9 Å². The fourth-order valence-corrected chi connectivity index (χ4v) is 2.20. The van der Waals surface area contributed by atoms with Gasteiger partial charge >= 0.3 is 0 Å². The molecule has 23 heavy (non-hydrogen) atoms. The maximum atomic E-state index is 13.7. The summed E-state index contributed by atoms with van der Waals surface area (Å²) in [5, 5.41) is 6.35. The molecule has 1 aromatic carbocycles. The molecule has 0 aliphatic rings. The summed E-state index contributed by atoms with van der Waals surface area (Å²) in [5.41, 5.74) is 0.555. The molecule has 1 aromatic rings. The number of guanidine groups is 1. The Bertz CT molecular complexity index is 486. The van der Waals surface area contributed by atoms with Crippen LogP contribution in [0.3, 0.4) is 0 Å². The average molecular weight is 390 g/mol. The summed E-state index contributed by atoms with van der Waals surface area (Å²) in [7, 11) is 1.65. The zero-order chi connectivity index (χ0) is 16.9. The summed E-state index contributed by atoms with van der Waals surface area (Å²) in [6.07, 6.45) is 0.860. The molecule has 0 saturated carbocycles. The number of rotatable bonds is 10. The predicted molar refractivity (Wildman–Crippen MR) is 94.2 cm³/mol. The van der Waals surface area contributed by atoms with Gasteiger partial charge in [0.1, 0.15) is 5.82 Å². The van der Waals surface area contributed by atoms with Gasteiger partial charge in [-0.1, -0.05) is 15.9 Å². The first-order valence-corrected chi connectivity index (χ1v) is 8.49. The highest BCUT2D eigenvalue weighted by Gasteiger charge is 2.03. The number of nitrogens with one attached hydrogen (secondary N) is 2. The van der Waals surface area contributed by atoms with E-state index in [1.54, 1.807) is 19.2 Å². The van der Waals surface area contributed by atoms with Crippen LogP contribution in [0.25, 0.3) is 0 Å². The maximum absolute atomic E-state index is 13.7. The lowest BCUT2D eigenvalue weighted by Crippen LogP contribution is -2.38. The lowest BCUT2D eigenvalue weighted by atomic mass is 10.2. The van der Waals surface area contributed by atoms with Gasteiger partial charge in [-0.05, 0) is 31.5 Å². The summed E-state index contributed by atoms with van der Waals surface area (Å²) in [6, 6.07) is 4.86. The molecular formula is C16H25BrFN3O2. The van der Waals surface area contributed by atoms with Crippen molar-refractivity contribution in [1.82, 2.24) is 10.6 Å². The monoisotopic (exact) mass is 389 g/mol. The normalized spacial score (nSPS) is 11.6. The second-order valence-electron chi connectivity index (χ2n) is 4.82. The van der Waals surface area contributed by atoms with Crippen LogP contribution in [-0.2, 0) is 16.0 Å². The van der Waals surface area contributed by atoms with Crippen LogP contribution < -0.4 is 10.6 Å². The van der Waals surface area contributed by atoms with Gasteiger partial charge in [-0.15, -0.1) is 0 Å². The summed E-state index contributed by atoms with van der Waals surface area (Å²) < 4.78 is 24.8. The van der Waals surface area contributed by atoms with Crippen molar-refractivity contribution < 1.29 is 13.9 Å². The molecule has 0 bridgehead atoms. The van der Waals surface area contributed by atoms with Gasteiger partial charge in [-0.3, -0.25) is 0 Å². The van der Waals surface area contributed by atoms with Crippen LogP contribution in [0.5, 0.6) is 0 Å². The number of nitrogens with zero attached hydrogens (tertiary/aromatic N) is 1. The van der Waals surface area contributed by atoms with Crippen LogP contribution in [0.15, 0.2) is 27.7 Å². The van der Waals surface area contributed by atoms with E-state index in [0.717, 1.165) is 24.0 Å². The van der Waals surface area contributed by atoms with Crippen molar-refractivity contribution in [3.63, 3.8) is 0 Å². The van der Waals surface area contributed by atoms with Crippen molar-refractivity contribution in [2.75, 3.05) is 40.0 Å². The molecule has 7 heteroatoms. The number of hydrogen-bond donors (Lipinski definition) is 2. The number of aliphatic imine (C=N–C) groups is 1. The fourth-order valence-electron chi connectivity index (χ4n) is 1.80. The number of hydrogen-bond acceptors (Lipinski definition) is 3.